The Kier molecular flexibility index (Phi) is 4.93. The molecule has 1 aliphatic rings. The van der Waals surface area contributed by atoms with E-state index in [-0.39, 0.29) is 16.7 Å². The summed E-state index contributed by atoms with van der Waals surface area (Å²) in [5.74, 6) is -0.744. The molecular formula is C26H25N3O3. The van der Waals surface area contributed by atoms with Gasteiger partial charge in [0.05, 0.1) is 5.56 Å². The third-order valence-electron chi connectivity index (χ3n) is 6.66. The van der Waals surface area contributed by atoms with E-state index in [0.717, 1.165) is 53.4 Å². The van der Waals surface area contributed by atoms with E-state index >= 15 is 0 Å². The van der Waals surface area contributed by atoms with Crippen molar-refractivity contribution in [2.75, 3.05) is 0 Å². The molecule has 1 aromatic heterocycles. The Morgan fingerprint density at radius 2 is 1.53 bits per heavy atom. The Hall–Kier alpha value is -3.67. The molecule has 1 saturated carbocycles. The zero-order valence-corrected chi connectivity index (χ0v) is 18.0. The van der Waals surface area contributed by atoms with Gasteiger partial charge < -0.3 is 10.2 Å². The van der Waals surface area contributed by atoms with Gasteiger partial charge in [0, 0.05) is 5.56 Å². The summed E-state index contributed by atoms with van der Waals surface area (Å²) in [4.78, 5) is 12.8. The summed E-state index contributed by atoms with van der Waals surface area (Å²) in [6, 6.07) is 18.4. The molecule has 0 saturated heterocycles. The lowest BCUT2D eigenvalue weighted by Gasteiger charge is -2.35. The Balaban J connectivity index is 1.70. The molecule has 162 valence electrons. The quantitative estimate of drug-likeness (QED) is 0.435. The van der Waals surface area contributed by atoms with Crippen molar-refractivity contribution in [1.29, 1.82) is 0 Å². The minimum atomic E-state index is -0.953. The number of fused-ring (bicyclic) bond motifs is 1. The Labute approximate surface area is 186 Å². The second-order valence-corrected chi connectivity index (χ2v) is 8.87. The Morgan fingerprint density at radius 1 is 0.906 bits per heavy atom. The third kappa shape index (κ3) is 3.51. The number of hydrogen-bond acceptors (Lipinski definition) is 4. The molecule has 1 fully saturated rings. The van der Waals surface area contributed by atoms with Crippen molar-refractivity contribution in [3.05, 3.63) is 71.8 Å². The molecule has 6 heteroatoms. The second kappa shape index (κ2) is 7.79. The number of aromatic hydroxyl groups is 1. The van der Waals surface area contributed by atoms with Gasteiger partial charge in [-0.3, -0.25) is 0 Å². The van der Waals surface area contributed by atoms with Gasteiger partial charge in [-0.1, -0.05) is 50.5 Å². The molecule has 3 aromatic carbocycles. The molecule has 32 heavy (non-hydrogen) atoms. The van der Waals surface area contributed by atoms with Gasteiger partial charge in [-0.2, -0.15) is 0 Å². The first kappa shape index (κ1) is 20.2. The molecule has 6 nitrogen and oxygen atoms in total. The number of phenolic OH excluding ortho intramolecular Hbond substituents is 1. The summed E-state index contributed by atoms with van der Waals surface area (Å²) in [5, 5.41) is 29.8. The highest BCUT2D eigenvalue weighted by molar-refractivity contribution is 5.88. The van der Waals surface area contributed by atoms with Crippen LogP contribution in [0.25, 0.3) is 27.8 Å². The summed E-state index contributed by atoms with van der Waals surface area (Å²) in [7, 11) is 0. The average Bonchev–Trinajstić information content (AvgIpc) is 3.24. The van der Waals surface area contributed by atoms with Gasteiger partial charge >= 0.3 is 5.97 Å². The lowest BCUT2D eigenvalue weighted by Crippen LogP contribution is -2.25. The number of benzene rings is 3. The zero-order valence-electron chi connectivity index (χ0n) is 18.0. The predicted octanol–water partition coefficient (Wildman–Crippen LogP) is 5.71. The van der Waals surface area contributed by atoms with Gasteiger partial charge in [-0.15, -0.1) is 15.0 Å². The van der Waals surface area contributed by atoms with Crippen molar-refractivity contribution in [2.24, 2.45) is 0 Å². The topological polar surface area (TPSA) is 88.2 Å². The first-order valence-corrected chi connectivity index (χ1v) is 11.0. The summed E-state index contributed by atoms with van der Waals surface area (Å²) in [5.41, 5.74) is 4.83. The van der Waals surface area contributed by atoms with Crippen LogP contribution in [-0.2, 0) is 5.41 Å². The lowest BCUT2D eigenvalue weighted by molar-refractivity contribution is 0.0697. The summed E-state index contributed by atoms with van der Waals surface area (Å²) in [6.07, 6.45) is 5.50. The minimum absolute atomic E-state index is 0.138. The zero-order chi connectivity index (χ0) is 22.3. The van der Waals surface area contributed by atoms with Crippen molar-refractivity contribution >= 4 is 17.0 Å². The van der Waals surface area contributed by atoms with Crippen molar-refractivity contribution < 1.29 is 15.0 Å². The maximum absolute atomic E-state index is 11.4. The molecule has 0 radical (unpaired) electrons. The minimum Gasteiger partial charge on any atom is -0.505 e. The van der Waals surface area contributed by atoms with Crippen LogP contribution >= 0.6 is 0 Å². The first-order chi connectivity index (χ1) is 15.4. The van der Waals surface area contributed by atoms with Crippen LogP contribution in [0, 0.1) is 0 Å². The van der Waals surface area contributed by atoms with Gasteiger partial charge in [0.1, 0.15) is 22.5 Å². The highest BCUT2D eigenvalue weighted by Crippen LogP contribution is 2.46. The largest absolute Gasteiger partial charge is 0.505 e. The van der Waals surface area contributed by atoms with Crippen LogP contribution in [0.1, 0.15) is 54.9 Å². The van der Waals surface area contributed by atoms with Crippen molar-refractivity contribution in [3.63, 3.8) is 0 Å². The number of hydrogen-bond donors (Lipinski definition) is 2. The fraction of sp³-hybridized carbons (Fsp3) is 0.269. The lowest BCUT2D eigenvalue weighted by atomic mass is 9.70. The average molecular weight is 428 g/mol. The van der Waals surface area contributed by atoms with Crippen LogP contribution in [0.15, 0.2) is 60.7 Å². The van der Waals surface area contributed by atoms with Crippen LogP contribution in [0.3, 0.4) is 0 Å². The fourth-order valence-corrected chi connectivity index (χ4v) is 4.77. The molecular weight excluding hydrogens is 402 g/mol. The molecule has 1 heterocycles. The molecule has 0 amide bonds. The van der Waals surface area contributed by atoms with Crippen LogP contribution in [0.4, 0.5) is 0 Å². The van der Waals surface area contributed by atoms with E-state index in [1.807, 2.05) is 36.4 Å². The monoisotopic (exact) mass is 427 g/mol. The summed E-state index contributed by atoms with van der Waals surface area (Å²) >= 11 is 0. The van der Waals surface area contributed by atoms with E-state index in [0.29, 0.717) is 5.69 Å². The smallest absolute Gasteiger partial charge is 0.335 e. The molecule has 0 atom stereocenters. The van der Waals surface area contributed by atoms with Crippen molar-refractivity contribution in [3.8, 4) is 22.6 Å². The standard InChI is InChI=1S/C26H25N3O3/c1-26(13-5-2-6-14-26)20-15-19(17-9-11-18(12-10-17)25(31)32)16-23(24(20)30)29-27-21-7-3-4-8-22(21)28-29/h3-4,7-12,15-16,30H,2,5-6,13-14H2,1H3,(H,31,32). The molecule has 0 bridgehead atoms. The number of nitrogens with zero attached hydrogens (tertiary/aromatic N) is 3. The molecule has 5 rings (SSSR count). The summed E-state index contributed by atoms with van der Waals surface area (Å²) in [6.45, 7) is 2.22. The fourth-order valence-electron chi connectivity index (χ4n) is 4.77. The van der Waals surface area contributed by atoms with Crippen LogP contribution in [0.5, 0.6) is 5.75 Å². The number of carbonyl (C=O) groups is 1. The van der Waals surface area contributed by atoms with Gasteiger partial charge in [0.15, 0.2) is 0 Å². The van der Waals surface area contributed by atoms with Crippen molar-refractivity contribution in [2.45, 2.75) is 44.4 Å². The number of phenols is 1. The number of carboxylic acid groups (broad SMARTS) is 1. The Morgan fingerprint density at radius 3 is 2.12 bits per heavy atom. The molecule has 2 N–H and O–H groups in total. The first-order valence-electron chi connectivity index (χ1n) is 11.0. The third-order valence-corrected chi connectivity index (χ3v) is 6.66. The predicted molar refractivity (Wildman–Crippen MR) is 123 cm³/mol. The van der Waals surface area contributed by atoms with E-state index in [9.17, 15) is 15.0 Å². The van der Waals surface area contributed by atoms with Crippen molar-refractivity contribution in [1.82, 2.24) is 15.0 Å². The maximum atomic E-state index is 11.4. The molecule has 0 aliphatic heterocycles. The van der Waals surface area contributed by atoms with Gasteiger partial charge in [-0.05, 0) is 65.8 Å². The normalized spacial score (nSPS) is 15.7. The van der Waals surface area contributed by atoms with Gasteiger partial charge in [-0.25, -0.2) is 4.79 Å². The van der Waals surface area contributed by atoms with Gasteiger partial charge in [0.2, 0.25) is 0 Å². The molecule has 0 spiro atoms. The van der Waals surface area contributed by atoms with E-state index in [4.69, 9.17) is 0 Å². The highest BCUT2D eigenvalue weighted by atomic mass is 16.4. The maximum Gasteiger partial charge on any atom is 0.335 e. The van der Waals surface area contributed by atoms with Crippen LogP contribution < -0.4 is 0 Å². The van der Waals surface area contributed by atoms with Crippen LogP contribution in [0.2, 0.25) is 0 Å². The molecule has 1 aliphatic carbocycles. The number of aromatic carboxylic acids is 1. The number of carboxylic acids is 1. The number of aromatic nitrogens is 3. The van der Waals surface area contributed by atoms with Crippen LogP contribution in [-0.4, -0.2) is 31.2 Å². The van der Waals surface area contributed by atoms with E-state index in [1.54, 1.807) is 24.3 Å². The molecule has 0 unspecified atom stereocenters. The number of rotatable bonds is 4. The highest BCUT2D eigenvalue weighted by Gasteiger charge is 2.33. The summed E-state index contributed by atoms with van der Waals surface area (Å²) < 4.78 is 0. The van der Waals surface area contributed by atoms with E-state index < -0.39 is 5.97 Å². The second-order valence-electron chi connectivity index (χ2n) is 8.87. The Bertz CT molecular complexity index is 1270. The van der Waals surface area contributed by atoms with E-state index in [1.165, 1.54) is 11.2 Å². The molecule has 4 aromatic rings. The van der Waals surface area contributed by atoms with Gasteiger partial charge in [0.25, 0.3) is 0 Å². The SMILES string of the molecule is CC1(c2cc(-c3ccc(C(=O)O)cc3)cc(-n3nc4ccccc4n3)c2O)CCCCC1. The van der Waals surface area contributed by atoms with E-state index in [2.05, 4.69) is 17.1 Å².